The second kappa shape index (κ2) is 10.6. The van der Waals surface area contributed by atoms with Crippen molar-refractivity contribution in [2.75, 3.05) is 43.5 Å². The van der Waals surface area contributed by atoms with Gasteiger partial charge in [-0.25, -0.2) is 9.97 Å². The Morgan fingerprint density at radius 2 is 1.74 bits per heavy atom. The Bertz CT molecular complexity index is 915. The molecule has 9 heteroatoms. The fourth-order valence-corrected chi connectivity index (χ4v) is 4.37. The molecule has 0 saturated carbocycles. The van der Waals surface area contributed by atoms with Crippen LogP contribution in [0.1, 0.15) is 25.7 Å². The van der Waals surface area contributed by atoms with Gasteiger partial charge in [0.15, 0.2) is 0 Å². The molecule has 2 aromatic rings. The SMILES string of the molecule is O=C(Nc1cc(-c2cc(NCC3CCOCC3)ncc2Cl)c(Cl)cn1)[C@@H]1CCCNC1. The quantitative estimate of drug-likeness (QED) is 0.593. The number of rotatable bonds is 6. The van der Waals surface area contributed by atoms with Crippen molar-refractivity contribution < 1.29 is 9.53 Å². The molecule has 2 aromatic heterocycles. The van der Waals surface area contributed by atoms with Gasteiger partial charge in [0.1, 0.15) is 11.6 Å². The normalized spacial score (nSPS) is 19.7. The molecular formula is C22H27Cl2N5O2. The summed E-state index contributed by atoms with van der Waals surface area (Å²) in [5.74, 6) is 1.67. The van der Waals surface area contributed by atoms with Crippen LogP contribution >= 0.6 is 23.2 Å². The van der Waals surface area contributed by atoms with E-state index in [-0.39, 0.29) is 11.8 Å². The summed E-state index contributed by atoms with van der Waals surface area (Å²) in [6.45, 7) is 4.09. The molecule has 166 valence electrons. The van der Waals surface area contributed by atoms with Crippen molar-refractivity contribution in [1.29, 1.82) is 0 Å². The molecule has 0 aliphatic carbocycles. The van der Waals surface area contributed by atoms with Crippen molar-refractivity contribution in [2.45, 2.75) is 25.7 Å². The van der Waals surface area contributed by atoms with Gasteiger partial charge < -0.3 is 20.7 Å². The molecule has 2 aliphatic heterocycles. The molecule has 0 radical (unpaired) electrons. The summed E-state index contributed by atoms with van der Waals surface area (Å²) >= 11 is 12.9. The third kappa shape index (κ3) is 5.86. The molecule has 4 heterocycles. The molecule has 7 nitrogen and oxygen atoms in total. The van der Waals surface area contributed by atoms with Crippen LogP contribution in [-0.2, 0) is 9.53 Å². The van der Waals surface area contributed by atoms with Crippen LogP contribution in [0.5, 0.6) is 0 Å². The molecular weight excluding hydrogens is 437 g/mol. The lowest BCUT2D eigenvalue weighted by Crippen LogP contribution is -2.37. The molecule has 2 fully saturated rings. The number of hydrogen-bond acceptors (Lipinski definition) is 6. The number of aromatic nitrogens is 2. The number of carbonyl (C=O) groups excluding carboxylic acids is 1. The van der Waals surface area contributed by atoms with Crippen molar-refractivity contribution in [3.05, 3.63) is 34.6 Å². The van der Waals surface area contributed by atoms with Crippen molar-refractivity contribution in [3.63, 3.8) is 0 Å². The minimum absolute atomic E-state index is 0.0346. The molecule has 31 heavy (non-hydrogen) atoms. The number of carbonyl (C=O) groups is 1. The molecule has 1 atom stereocenters. The topological polar surface area (TPSA) is 88.2 Å². The van der Waals surface area contributed by atoms with Crippen LogP contribution < -0.4 is 16.0 Å². The number of pyridine rings is 2. The highest BCUT2D eigenvalue weighted by Crippen LogP contribution is 2.35. The standard InChI is InChI=1S/C22H27Cl2N5O2/c23-18-12-27-20(26-10-14-3-6-31-7-4-14)8-16(18)17-9-21(28-13-19(17)24)29-22(30)15-2-1-5-25-11-15/h8-9,12-15,25H,1-7,10-11H2,(H,26,27)(H,28,29,30)/t15-/m1/s1. The Morgan fingerprint density at radius 1 is 1.06 bits per heavy atom. The summed E-state index contributed by atoms with van der Waals surface area (Å²) in [6, 6.07) is 3.65. The fourth-order valence-electron chi connectivity index (χ4n) is 3.96. The maximum absolute atomic E-state index is 12.6. The first-order valence-corrected chi connectivity index (χ1v) is 11.5. The van der Waals surface area contributed by atoms with Crippen molar-refractivity contribution >= 4 is 40.7 Å². The van der Waals surface area contributed by atoms with Crippen LogP contribution in [0.2, 0.25) is 10.0 Å². The van der Waals surface area contributed by atoms with Crippen molar-refractivity contribution in [2.24, 2.45) is 11.8 Å². The monoisotopic (exact) mass is 463 g/mol. The van der Waals surface area contributed by atoms with E-state index in [0.29, 0.717) is 33.9 Å². The Hall–Kier alpha value is -1.93. The number of anilines is 2. The lowest BCUT2D eigenvalue weighted by Gasteiger charge is -2.22. The van der Waals surface area contributed by atoms with E-state index in [1.165, 1.54) is 6.20 Å². The summed E-state index contributed by atoms with van der Waals surface area (Å²) in [5, 5.41) is 10.5. The van der Waals surface area contributed by atoms with Gasteiger partial charge in [0, 0.05) is 49.8 Å². The van der Waals surface area contributed by atoms with E-state index in [1.54, 1.807) is 12.3 Å². The first-order chi connectivity index (χ1) is 15.1. The average Bonchev–Trinajstić information content (AvgIpc) is 2.81. The van der Waals surface area contributed by atoms with Crippen LogP contribution in [0.25, 0.3) is 11.1 Å². The van der Waals surface area contributed by atoms with Gasteiger partial charge >= 0.3 is 0 Å². The summed E-state index contributed by atoms with van der Waals surface area (Å²) in [7, 11) is 0. The van der Waals surface area contributed by atoms with Gasteiger partial charge in [0.05, 0.1) is 16.0 Å². The average molecular weight is 464 g/mol. The summed E-state index contributed by atoms with van der Waals surface area (Å²) in [6.07, 6.45) is 7.11. The number of hydrogen-bond donors (Lipinski definition) is 3. The van der Waals surface area contributed by atoms with Crippen LogP contribution in [0.15, 0.2) is 24.5 Å². The molecule has 0 aromatic carbocycles. The van der Waals surface area contributed by atoms with Gasteiger partial charge in [-0.15, -0.1) is 0 Å². The van der Waals surface area contributed by atoms with Gasteiger partial charge in [0.25, 0.3) is 0 Å². The van der Waals surface area contributed by atoms with Gasteiger partial charge in [0.2, 0.25) is 5.91 Å². The summed E-state index contributed by atoms with van der Waals surface area (Å²) in [5.41, 5.74) is 1.45. The lowest BCUT2D eigenvalue weighted by atomic mass is 9.99. The number of piperidine rings is 1. The van der Waals surface area contributed by atoms with Gasteiger partial charge in [-0.05, 0) is 50.3 Å². The lowest BCUT2D eigenvalue weighted by molar-refractivity contribution is -0.120. The number of ether oxygens (including phenoxy) is 1. The van der Waals surface area contributed by atoms with Crippen LogP contribution in [-0.4, -0.2) is 48.7 Å². The van der Waals surface area contributed by atoms with Gasteiger partial charge in [-0.2, -0.15) is 0 Å². The highest BCUT2D eigenvalue weighted by atomic mass is 35.5. The number of halogens is 2. The Morgan fingerprint density at radius 3 is 2.42 bits per heavy atom. The highest BCUT2D eigenvalue weighted by Gasteiger charge is 2.22. The van der Waals surface area contributed by atoms with Gasteiger partial charge in [-0.1, -0.05) is 23.2 Å². The third-order valence-electron chi connectivity index (χ3n) is 5.83. The first kappa shape index (κ1) is 22.3. The molecule has 0 spiro atoms. The number of nitrogens with one attached hydrogen (secondary N) is 3. The molecule has 3 N–H and O–H groups in total. The van der Waals surface area contributed by atoms with E-state index in [9.17, 15) is 4.79 Å². The van der Waals surface area contributed by atoms with E-state index in [2.05, 4.69) is 25.9 Å². The molecule has 2 aliphatic rings. The molecule has 2 saturated heterocycles. The zero-order valence-electron chi connectivity index (χ0n) is 17.3. The van der Waals surface area contributed by atoms with Crippen LogP contribution in [0.3, 0.4) is 0 Å². The molecule has 0 bridgehead atoms. The van der Waals surface area contributed by atoms with E-state index in [4.69, 9.17) is 27.9 Å². The van der Waals surface area contributed by atoms with E-state index < -0.39 is 0 Å². The highest BCUT2D eigenvalue weighted by molar-refractivity contribution is 6.36. The Labute approximate surface area is 192 Å². The zero-order valence-corrected chi connectivity index (χ0v) is 18.8. The largest absolute Gasteiger partial charge is 0.381 e. The van der Waals surface area contributed by atoms with Crippen LogP contribution in [0.4, 0.5) is 11.6 Å². The molecule has 4 rings (SSSR count). The number of nitrogens with zero attached hydrogens (tertiary/aromatic N) is 2. The van der Waals surface area contributed by atoms with Crippen molar-refractivity contribution in [3.8, 4) is 11.1 Å². The van der Waals surface area contributed by atoms with E-state index >= 15 is 0 Å². The summed E-state index contributed by atoms with van der Waals surface area (Å²) < 4.78 is 5.42. The second-order valence-electron chi connectivity index (χ2n) is 8.07. The maximum atomic E-state index is 12.6. The fraction of sp³-hybridized carbons (Fsp3) is 0.500. The van der Waals surface area contributed by atoms with Crippen LogP contribution in [0, 0.1) is 11.8 Å². The maximum Gasteiger partial charge on any atom is 0.229 e. The number of amides is 1. The Kier molecular flexibility index (Phi) is 7.61. The smallest absolute Gasteiger partial charge is 0.229 e. The third-order valence-corrected chi connectivity index (χ3v) is 6.43. The molecule has 0 unspecified atom stereocenters. The minimum Gasteiger partial charge on any atom is -0.381 e. The molecule has 1 amide bonds. The predicted molar refractivity (Wildman–Crippen MR) is 124 cm³/mol. The minimum atomic E-state index is -0.0554. The van der Waals surface area contributed by atoms with Gasteiger partial charge in [-0.3, -0.25) is 4.79 Å². The van der Waals surface area contributed by atoms with Crippen molar-refractivity contribution in [1.82, 2.24) is 15.3 Å². The summed E-state index contributed by atoms with van der Waals surface area (Å²) in [4.78, 5) is 21.3. The zero-order chi connectivity index (χ0) is 21.6. The predicted octanol–water partition coefficient (Wildman–Crippen LogP) is 4.23. The van der Waals surface area contributed by atoms with E-state index in [0.717, 1.165) is 63.4 Å². The Balaban J connectivity index is 1.49. The first-order valence-electron chi connectivity index (χ1n) is 10.7. The second-order valence-corrected chi connectivity index (χ2v) is 8.88. The van der Waals surface area contributed by atoms with E-state index in [1.807, 2.05) is 6.07 Å².